The van der Waals surface area contributed by atoms with Crippen LogP contribution in [-0.2, 0) is 0 Å². The molecule has 0 atom stereocenters. The Bertz CT molecular complexity index is 1620. The van der Waals surface area contributed by atoms with Gasteiger partial charge in [0.1, 0.15) is 11.5 Å². The highest BCUT2D eigenvalue weighted by Gasteiger charge is 2.36. The van der Waals surface area contributed by atoms with E-state index >= 15 is 0 Å². The van der Waals surface area contributed by atoms with Crippen molar-refractivity contribution in [3.8, 4) is 11.5 Å². The molecular formula is C39H40BNO. The maximum atomic E-state index is 6.73. The molecule has 1 aliphatic rings. The van der Waals surface area contributed by atoms with Crippen LogP contribution in [0.15, 0.2) is 115 Å². The monoisotopic (exact) mass is 549 g/mol. The third-order valence-corrected chi connectivity index (χ3v) is 8.51. The molecule has 0 fully saturated rings. The van der Waals surface area contributed by atoms with Crippen molar-refractivity contribution in [2.24, 2.45) is 0 Å². The Morgan fingerprint density at radius 2 is 1.02 bits per heavy atom. The van der Waals surface area contributed by atoms with E-state index in [0.717, 1.165) is 28.6 Å². The summed E-state index contributed by atoms with van der Waals surface area (Å²) in [5.74, 6) is 3.15. The molecule has 1 aliphatic heterocycles. The third-order valence-electron chi connectivity index (χ3n) is 8.51. The van der Waals surface area contributed by atoms with E-state index in [2.05, 4.69) is 162 Å². The maximum Gasteiger partial charge on any atom is 0.251 e. The van der Waals surface area contributed by atoms with Crippen molar-refractivity contribution in [1.82, 2.24) is 0 Å². The normalized spacial score (nSPS) is 12.4. The lowest BCUT2D eigenvalue weighted by Gasteiger charge is -2.33. The zero-order valence-electron chi connectivity index (χ0n) is 25.6. The number of para-hydroxylation sites is 3. The predicted molar refractivity (Wildman–Crippen MR) is 181 cm³/mol. The standard InChI is InChI=1S/C39H40BNO/c1-26(2)29-23-33(27(3)4)39(34(24-29)28(5)6)40-35-19-13-14-20-37(35)42-38-25-32(21-22-36(38)40)41(30-15-9-7-10-16-30)31-17-11-8-12-18-31/h7-28H,1-6H3. The first-order valence-corrected chi connectivity index (χ1v) is 15.3. The minimum absolute atomic E-state index is 0.0944. The van der Waals surface area contributed by atoms with Gasteiger partial charge < -0.3 is 9.64 Å². The fourth-order valence-corrected chi connectivity index (χ4v) is 6.34. The molecule has 0 aliphatic carbocycles. The highest BCUT2D eigenvalue weighted by atomic mass is 16.5. The topological polar surface area (TPSA) is 12.5 Å². The molecule has 6 rings (SSSR count). The second-order valence-electron chi connectivity index (χ2n) is 12.4. The smallest absolute Gasteiger partial charge is 0.251 e. The largest absolute Gasteiger partial charge is 0.458 e. The molecule has 0 bridgehead atoms. The zero-order valence-corrected chi connectivity index (χ0v) is 25.6. The second-order valence-corrected chi connectivity index (χ2v) is 12.4. The first kappa shape index (κ1) is 27.9. The fourth-order valence-electron chi connectivity index (χ4n) is 6.34. The summed E-state index contributed by atoms with van der Waals surface area (Å²) in [5.41, 5.74) is 11.5. The Morgan fingerprint density at radius 3 is 1.57 bits per heavy atom. The van der Waals surface area contributed by atoms with Crippen LogP contribution in [0.2, 0.25) is 0 Å². The molecular weight excluding hydrogens is 509 g/mol. The molecule has 1 heterocycles. The minimum atomic E-state index is 0.0944. The van der Waals surface area contributed by atoms with E-state index in [9.17, 15) is 0 Å². The molecule has 210 valence electrons. The summed E-state index contributed by atoms with van der Waals surface area (Å²) in [6.45, 7) is 14.0. The van der Waals surface area contributed by atoms with Gasteiger partial charge in [0.15, 0.2) is 0 Å². The van der Waals surface area contributed by atoms with Gasteiger partial charge in [-0.15, -0.1) is 0 Å². The number of rotatable bonds is 7. The van der Waals surface area contributed by atoms with Gasteiger partial charge >= 0.3 is 0 Å². The summed E-state index contributed by atoms with van der Waals surface area (Å²) < 4.78 is 6.73. The molecule has 0 radical (unpaired) electrons. The SMILES string of the molecule is CC(C)c1cc(C(C)C)c(B2c3ccccc3Oc3cc(N(c4ccccc4)c4ccccc4)ccc32)c(C(C)C)c1. The fraction of sp³-hybridized carbons (Fsp3) is 0.231. The molecule has 2 nitrogen and oxygen atoms in total. The molecule has 0 unspecified atom stereocenters. The summed E-state index contributed by atoms with van der Waals surface area (Å²) in [6.07, 6.45) is 0. The van der Waals surface area contributed by atoms with Crippen LogP contribution in [0.1, 0.15) is 76.0 Å². The molecule has 5 aromatic rings. The highest BCUT2D eigenvalue weighted by Crippen LogP contribution is 2.37. The van der Waals surface area contributed by atoms with E-state index in [1.807, 2.05) is 0 Å². The van der Waals surface area contributed by atoms with Crippen molar-refractivity contribution < 1.29 is 4.74 Å². The molecule has 0 spiro atoms. The van der Waals surface area contributed by atoms with Crippen LogP contribution in [-0.4, -0.2) is 6.71 Å². The lowest BCUT2D eigenvalue weighted by Crippen LogP contribution is -2.57. The number of ether oxygens (including phenoxy) is 1. The lowest BCUT2D eigenvalue weighted by atomic mass is 9.34. The first-order chi connectivity index (χ1) is 20.3. The van der Waals surface area contributed by atoms with Gasteiger partial charge in [0.25, 0.3) is 6.71 Å². The summed E-state index contributed by atoms with van der Waals surface area (Å²) in [5, 5.41) is 0. The van der Waals surface area contributed by atoms with Gasteiger partial charge in [0.2, 0.25) is 0 Å². The van der Waals surface area contributed by atoms with Crippen molar-refractivity contribution in [3.63, 3.8) is 0 Å². The second kappa shape index (κ2) is 11.6. The van der Waals surface area contributed by atoms with Gasteiger partial charge in [-0.1, -0.05) is 120 Å². The molecule has 3 heteroatoms. The maximum absolute atomic E-state index is 6.73. The number of anilines is 3. The molecule has 5 aromatic carbocycles. The average molecular weight is 550 g/mol. The number of benzene rings is 5. The van der Waals surface area contributed by atoms with Crippen molar-refractivity contribution in [3.05, 3.63) is 132 Å². The number of hydrogen-bond acceptors (Lipinski definition) is 2. The molecule has 42 heavy (non-hydrogen) atoms. The Hall–Kier alpha value is -4.24. The van der Waals surface area contributed by atoms with E-state index in [-0.39, 0.29) is 6.71 Å². The third kappa shape index (κ3) is 5.13. The van der Waals surface area contributed by atoms with E-state index in [4.69, 9.17) is 4.74 Å². The molecule has 0 amide bonds. The van der Waals surface area contributed by atoms with Crippen LogP contribution >= 0.6 is 0 Å². The molecule has 0 N–H and O–H groups in total. The van der Waals surface area contributed by atoms with Gasteiger partial charge in [-0.25, -0.2) is 0 Å². The van der Waals surface area contributed by atoms with Crippen molar-refractivity contribution in [2.45, 2.75) is 59.3 Å². The summed E-state index contributed by atoms with van der Waals surface area (Å²) in [7, 11) is 0. The Kier molecular flexibility index (Phi) is 7.69. The van der Waals surface area contributed by atoms with Gasteiger partial charge in [-0.2, -0.15) is 0 Å². The predicted octanol–water partition coefficient (Wildman–Crippen LogP) is 9.15. The Morgan fingerprint density at radius 1 is 0.500 bits per heavy atom. The Balaban J connectivity index is 1.58. The molecule has 0 aromatic heterocycles. The summed E-state index contributed by atoms with van der Waals surface area (Å²) in [4.78, 5) is 2.30. The van der Waals surface area contributed by atoms with Crippen LogP contribution < -0.4 is 26.0 Å². The molecule has 0 saturated carbocycles. The van der Waals surface area contributed by atoms with Gasteiger partial charge in [0, 0.05) is 23.1 Å². The van der Waals surface area contributed by atoms with Crippen LogP contribution in [0.25, 0.3) is 0 Å². The Labute approximate surface area is 252 Å². The number of fused-ring (bicyclic) bond motifs is 2. The minimum Gasteiger partial charge on any atom is -0.458 e. The van der Waals surface area contributed by atoms with Crippen molar-refractivity contribution >= 4 is 40.2 Å². The van der Waals surface area contributed by atoms with E-state index in [1.165, 1.54) is 33.1 Å². The number of nitrogens with zero attached hydrogens (tertiary/aromatic N) is 1. The lowest BCUT2D eigenvalue weighted by molar-refractivity contribution is 0.487. The first-order valence-electron chi connectivity index (χ1n) is 15.3. The van der Waals surface area contributed by atoms with Crippen LogP contribution in [0.4, 0.5) is 17.1 Å². The van der Waals surface area contributed by atoms with Crippen molar-refractivity contribution in [2.75, 3.05) is 4.90 Å². The van der Waals surface area contributed by atoms with Crippen LogP contribution in [0.5, 0.6) is 11.5 Å². The van der Waals surface area contributed by atoms with Crippen LogP contribution in [0.3, 0.4) is 0 Å². The van der Waals surface area contributed by atoms with E-state index < -0.39 is 0 Å². The van der Waals surface area contributed by atoms with Gasteiger partial charge in [0.05, 0.1) is 0 Å². The zero-order chi connectivity index (χ0) is 29.4. The quantitative estimate of drug-likeness (QED) is 0.184. The van der Waals surface area contributed by atoms with E-state index in [1.54, 1.807) is 0 Å². The van der Waals surface area contributed by atoms with Gasteiger partial charge in [-0.05, 0) is 81.8 Å². The van der Waals surface area contributed by atoms with Crippen LogP contribution in [0, 0.1) is 0 Å². The highest BCUT2D eigenvalue weighted by molar-refractivity contribution is 6.97. The average Bonchev–Trinajstić information content (AvgIpc) is 3.00. The van der Waals surface area contributed by atoms with Gasteiger partial charge in [-0.3, -0.25) is 0 Å². The van der Waals surface area contributed by atoms with E-state index in [0.29, 0.717) is 17.8 Å². The number of hydrogen-bond donors (Lipinski definition) is 0. The summed E-state index contributed by atoms with van der Waals surface area (Å²) >= 11 is 0. The van der Waals surface area contributed by atoms with Crippen molar-refractivity contribution in [1.29, 1.82) is 0 Å². The molecule has 0 saturated heterocycles. The summed E-state index contributed by atoms with van der Waals surface area (Å²) in [6, 6.07) is 41.4.